The van der Waals surface area contributed by atoms with Crippen molar-refractivity contribution in [2.45, 2.75) is 0 Å². The second kappa shape index (κ2) is 7.00. The minimum absolute atomic E-state index is 0.122. The maximum absolute atomic E-state index is 10.1. The Balaban J connectivity index is 1.61. The number of anilines is 1. The van der Waals surface area contributed by atoms with E-state index in [-0.39, 0.29) is 5.75 Å². The molecule has 1 aromatic carbocycles. The van der Waals surface area contributed by atoms with Crippen LogP contribution in [-0.4, -0.2) is 49.6 Å². The average molecular weight is 313 g/mol. The van der Waals surface area contributed by atoms with Crippen molar-refractivity contribution in [3.05, 3.63) is 48.2 Å². The number of H-pyrrole nitrogens is 1. The lowest BCUT2D eigenvalue weighted by molar-refractivity contribution is -0.364. The molecule has 0 saturated carbocycles. The highest BCUT2D eigenvalue weighted by Gasteiger charge is 2.21. The van der Waals surface area contributed by atoms with E-state index in [1.165, 1.54) is 7.11 Å². The number of para-hydroxylation sites is 1. The number of nitrogens with zero attached hydrogens (tertiary/aromatic N) is 3. The molecule has 0 aliphatic carbocycles. The summed E-state index contributed by atoms with van der Waals surface area (Å²) in [4.78, 5) is 5.55. The van der Waals surface area contributed by atoms with Crippen molar-refractivity contribution in [3.8, 4) is 11.5 Å². The van der Waals surface area contributed by atoms with Gasteiger partial charge in [0, 0.05) is 11.6 Å². The number of aromatic hydroxyl groups is 1. The van der Waals surface area contributed by atoms with E-state index >= 15 is 0 Å². The lowest BCUT2D eigenvalue weighted by Crippen LogP contribution is -2.45. The van der Waals surface area contributed by atoms with Crippen molar-refractivity contribution in [1.29, 1.82) is 0 Å². The SMILES string of the molecule is COc1cccc(/C=N/N2CCN(c3cccc[nH+]3)CC2)c1O. The highest BCUT2D eigenvalue weighted by molar-refractivity contribution is 5.84. The quantitative estimate of drug-likeness (QED) is 0.866. The number of rotatable bonds is 4. The molecular formula is C17H21N4O2+. The molecule has 0 spiro atoms. The van der Waals surface area contributed by atoms with Crippen LogP contribution in [0.15, 0.2) is 47.7 Å². The summed E-state index contributed by atoms with van der Waals surface area (Å²) in [6, 6.07) is 11.5. The Labute approximate surface area is 135 Å². The first-order valence-corrected chi connectivity index (χ1v) is 7.64. The maximum atomic E-state index is 10.1. The number of methoxy groups -OCH3 is 1. The van der Waals surface area contributed by atoms with Gasteiger partial charge in [0.05, 0.1) is 32.6 Å². The molecule has 0 unspecified atom stereocenters. The number of piperazine rings is 1. The van der Waals surface area contributed by atoms with E-state index in [0.717, 1.165) is 32.0 Å². The van der Waals surface area contributed by atoms with E-state index < -0.39 is 0 Å². The number of aromatic nitrogens is 1. The normalized spacial score (nSPS) is 15.2. The first-order valence-electron chi connectivity index (χ1n) is 7.64. The number of benzene rings is 1. The number of phenolic OH excluding ortho intramolecular Hbond substituents is 1. The first-order chi connectivity index (χ1) is 11.3. The van der Waals surface area contributed by atoms with E-state index in [1.54, 1.807) is 12.3 Å². The van der Waals surface area contributed by atoms with E-state index in [2.05, 4.69) is 21.1 Å². The van der Waals surface area contributed by atoms with Gasteiger partial charge < -0.3 is 9.84 Å². The number of ether oxygens (including phenoxy) is 1. The number of hydrazone groups is 1. The van der Waals surface area contributed by atoms with E-state index in [0.29, 0.717) is 11.3 Å². The van der Waals surface area contributed by atoms with Gasteiger partial charge in [-0.25, -0.2) is 4.98 Å². The second-order valence-electron chi connectivity index (χ2n) is 5.33. The van der Waals surface area contributed by atoms with Crippen LogP contribution in [0.4, 0.5) is 5.82 Å². The van der Waals surface area contributed by atoms with Crippen LogP contribution in [0, 0.1) is 0 Å². The minimum atomic E-state index is 0.122. The highest BCUT2D eigenvalue weighted by Crippen LogP contribution is 2.28. The third-order valence-electron chi connectivity index (χ3n) is 3.90. The van der Waals surface area contributed by atoms with Crippen molar-refractivity contribution in [2.24, 2.45) is 5.10 Å². The fourth-order valence-corrected chi connectivity index (χ4v) is 2.58. The van der Waals surface area contributed by atoms with Gasteiger partial charge in [-0.3, -0.25) is 9.91 Å². The van der Waals surface area contributed by atoms with Crippen LogP contribution in [0.5, 0.6) is 11.5 Å². The molecule has 0 bridgehead atoms. The maximum Gasteiger partial charge on any atom is 0.274 e. The van der Waals surface area contributed by atoms with Gasteiger partial charge in [-0.1, -0.05) is 12.1 Å². The average Bonchev–Trinajstić information content (AvgIpc) is 2.62. The Kier molecular flexibility index (Phi) is 4.61. The molecule has 1 saturated heterocycles. The predicted octanol–water partition coefficient (Wildman–Crippen LogP) is 1.37. The van der Waals surface area contributed by atoms with Crippen molar-refractivity contribution in [2.75, 3.05) is 38.2 Å². The summed E-state index contributed by atoms with van der Waals surface area (Å²) in [7, 11) is 1.54. The van der Waals surface area contributed by atoms with Crippen LogP contribution in [0.2, 0.25) is 0 Å². The first kappa shape index (κ1) is 15.1. The van der Waals surface area contributed by atoms with Crippen molar-refractivity contribution in [1.82, 2.24) is 5.01 Å². The minimum Gasteiger partial charge on any atom is -0.504 e. The van der Waals surface area contributed by atoms with Crippen molar-refractivity contribution >= 4 is 12.0 Å². The monoisotopic (exact) mass is 313 g/mol. The second-order valence-corrected chi connectivity index (χ2v) is 5.33. The highest BCUT2D eigenvalue weighted by atomic mass is 16.5. The Morgan fingerprint density at radius 2 is 1.96 bits per heavy atom. The molecule has 1 aliphatic rings. The Morgan fingerprint density at radius 3 is 2.65 bits per heavy atom. The van der Waals surface area contributed by atoms with Gasteiger partial charge in [-0.15, -0.1) is 0 Å². The van der Waals surface area contributed by atoms with Gasteiger partial charge in [0.2, 0.25) is 0 Å². The van der Waals surface area contributed by atoms with E-state index in [1.807, 2.05) is 35.5 Å². The third-order valence-corrected chi connectivity index (χ3v) is 3.90. The van der Waals surface area contributed by atoms with Gasteiger partial charge in [0.1, 0.15) is 13.1 Å². The lowest BCUT2D eigenvalue weighted by atomic mass is 10.2. The van der Waals surface area contributed by atoms with Gasteiger partial charge in [0.25, 0.3) is 5.82 Å². The van der Waals surface area contributed by atoms with Crippen molar-refractivity contribution in [3.63, 3.8) is 0 Å². The number of phenols is 1. The molecule has 6 nitrogen and oxygen atoms in total. The van der Waals surface area contributed by atoms with Crippen LogP contribution >= 0.6 is 0 Å². The van der Waals surface area contributed by atoms with Crippen LogP contribution in [-0.2, 0) is 0 Å². The molecule has 1 fully saturated rings. The zero-order valence-corrected chi connectivity index (χ0v) is 13.1. The largest absolute Gasteiger partial charge is 0.504 e. The standard InChI is InChI=1S/C17H20N4O2/c1-23-15-6-4-5-14(17(15)22)13-19-21-11-9-20(10-12-21)16-7-2-3-8-18-16/h2-8,13,22H,9-12H2,1H3/p+1/b19-13+. The molecule has 0 atom stereocenters. The van der Waals surface area contributed by atoms with Crippen LogP contribution in [0.3, 0.4) is 0 Å². The summed E-state index contributed by atoms with van der Waals surface area (Å²) in [5.41, 5.74) is 0.656. The number of hydrogen-bond acceptors (Lipinski definition) is 5. The molecule has 2 aromatic rings. The lowest BCUT2D eigenvalue weighted by Gasteiger charge is -2.28. The molecule has 0 radical (unpaired) electrons. The Hall–Kier alpha value is -2.76. The Morgan fingerprint density at radius 1 is 1.13 bits per heavy atom. The molecule has 23 heavy (non-hydrogen) atoms. The van der Waals surface area contributed by atoms with E-state index in [9.17, 15) is 5.11 Å². The van der Waals surface area contributed by atoms with Crippen molar-refractivity contribution < 1.29 is 14.8 Å². The number of aromatic amines is 1. The number of nitrogens with one attached hydrogen (secondary N) is 1. The van der Waals surface area contributed by atoms with Crippen LogP contribution in [0.25, 0.3) is 0 Å². The molecular weight excluding hydrogens is 292 g/mol. The Bertz CT molecular complexity index is 668. The van der Waals surface area contributed by atoms with E-state index in [4.69, 9.17) is 4.74 Å². The smallest absolute Gasteiger partial charge is 0.274 e. The molecule has 1 aliphatic heterocycles. The molecule has 1 aromatic heterocycles. The molecule has 120 valence electrons. The molecule has 2 heterocycles. The summed E-state index contributed by atoms with van der Waals surface area (Å²) in [6.07, 6.45) is 3.62. The van der Waals surface area contributed by atoms with Gasteiger partial charge in [-0.2, -0.15) is 5.10 Å². The van der Waals surface area contributed by atoms with Gasteiger partial charge in [-0.05, 0) is 18.2 Å². The fourth-order valence-electron chi connectivity index (χ4n) is 2.58. The molecule has 3 rings (SSSR count). The number of pyridine rings is 1. The number of hydrogen-bond donors (Lipinski definition) is 1. The summed E-state index contributed by atoms with van der Waals surface area (Å²) < 4.78 is 5.11. The summed E-state index contributed by atoms with van der Waals surface area (Å²) >= 11 is 0. The predicted molar refractivity (Wildman–Crippen MR) is 89.0 cm³/mol. The fraction of sp³-hybridized carbons (Fsp3) is 0.294. The topological polar surface area (TPSA) is 62.4 Å². The molecule has 0 amide bonds. The summed E-state index contributed by atoms with van der Waals surface area (Å²) in [5.74, 6) is 1.70. The zero-order chi connectivity index (χ0) is 16.1. The molecule has 6 heteroatoms. The van der Waals surface area contributed by atoms with Crippen LogP contribution in [0.1, 0.15) is 5.56 Å². The third kappa shape index (κ3) is 3.53. The molecule has 2 N–H and O–H groups in total. The zero-order valence-electron chi connectivity index (χ0n) is 13.1. The van der Waals surface area contributed by atoms with Crippen LogP contribution < -0.4 is 14.6 Å². The van der Waals surface area contributed by atoms with Gasteiger partial charge >= 0.3 is 0 Å². The van der Waals surface area contributed by atoms with Gasteiger partial charge in [0.15, 0.2) is 11.5 Å². The summed E-state index contributed by atoms with van der Waals surface area (Å²) in [5, 5.41) is 16.5. The summed E-state index contributed by atoms with van der Waals surface area (Å²) in [6.45, 7) is 3.48.